The Hall–Kier alpha value is -1.98. The van der Waals surface area contributed by atoms with Gasteiger partial charge in [0.15, 0.2) is 0 Å². The Labute approximate surface area is 125 Å². The zero-order chi connectivity index (χ0) is 15.1. The monoisotopic (exact) mass is 287 g/mol. The highest BCUT2D eigenvalue weighted by Crippen LogP contribution is 2.22. The van der Waals surface area contributed by atoms with Gasteiger partial charge in [0.25, 0.3) is 0 Å². The molecule has 0 saturated heterocycles. The van der Waals surface area contributed by atoms with E-state index in [-0.39, 0.29) is 6.61 Å². The molecule has 21 heavy (non-hydrogen) atoms. The first-order chi connectivity index (χ1) is 10.2. The van der Waals surface area contributed by atoms with Gasteiger partial charge in [0, 0.05) is 37.2 Å². The number of hydrogen-bond donors (Lipinski definition) is 2. The standard InChI is InChI=1S/C16H21N3O2/c1-12(2)17-9-13-10-18-16(19-11-13)21-15-6-4-3-5-14(15)7-8-20/h3-6,10-12,17,20H,7-9H2,1-2H3. The number of hydrogen-bond acceptors (Lipinski definition) is 5. The van der Waals surface area contributed by atoms with Crippen molar-refractivity contribution < 1.29 is 9.84 Å². The summed E-state index contributed by atoms with van der Waals surface area (Å²) < 4.78 is 5.69. The molecule has 2 N–H and O–H groups in total. The van der Waals surface area contributed by atoms with E-state index in [1.807, 2.05) is 24.3 Å². The second-order valence-corrected chi connectivity index (χ2v) is 5.09. The largest absolute Gasteiger partial charge is 0.424 e. The Morgan fingerprint density at radius 3 is 2.57 bits per heavy atom. The topological polar surface area (TPSA) is 67.3 Å². The molecule has 0 amide bonds. The maximum atomic E-state index is 9.06. The van der Waals surface area contributed by atoms with Crippen LogP contribution in [0.5, 0.6) is 11.8 Å². The maximum absolute atomic E-state index is 9.06. The third-order valence-electron chi connectivity index (χ3n) is 2.95. The second kappa shape index (κ2) is 7.71. The van der Waals surface area contributed by atoms with E-state index in [2.05, 4.69) is 29.1 Å². The molecule has 0 spiro atoms. The van der Waals surface area contributed by atoms with Crippen LogP contribution in [0.1, 0.15) is 25.0 Å². The van der Waals surface area contributed by atoms with Gasteiger partial charge in [0.1, 0.15) is 5.75 Å². The summed E-state index contributed by atoms with van der Waals surface area (Å²) in [6, 6.07) is 8.31. The second-order valence-electron chi connectivity index (χ2n) is 5.09. The quantitative estimate of drug-likeness (QED) is 0.818. The summed E-state index contributed by atoms with van der Waals surface area (Å²) in [5.74, 6) is 0.680. The first-order valence-corrected chi connectivity index (χ1v) is 7.10. The van der Waals surface area contributed by atoms with Gasteiger partial charge in [-0.3, -0.25) is 0 Å². The number of rotatable bonds is 7. The molecule has 0 atom stereocenters. The number of nitrogens with one attached hydrogen (secondary N) is 1. The van der Waals surface area contributed by atoms with Crippen molar-refractivity contribution in [3.8, 4) is 11.8 Å². The van der Waals surface area contributed by atoms with Crippen molar-refractivity contribution in [1.82, 2.24) is 15.3 Å². The summed E-state index contributed by atoms with van der Waals surface area (Å²) >= 11 is 0. The van der Waals surface area contributed by atoms with Crippen LogP contribution >= 0.6 is 0 Å². The van der Waals surface area contributed by atoms with Crippen LogP contribution in [0.4, 0.5) is 0 Å². The molecule has 0 aliphatic carbocycles. The van der Waals surface area contributed by atoms with Gasteiger partial charge in [-0.15, -0.1) is 0 Å². The van der Waals surface area contributed by atoms with Crippen molar-refractivity contribution in [3.63, 3.8) is 0 Å². The minimum absolute atomic E-state index is 0.0844. The Balaban J connectivity index is 2.03. The molecule has 0 aliphatic rings. The number of nitrogens with zero attached hydrogens (tertiary/aromatic N) is 2. The summed E-state index contributed by atoms with van der Waals surface area (Å²) in [6.45, 7) is 5.01. The Morgan fingerprint density at radius 1 is 1.19 bits per heavy atom. The molecule has 5 nitrogen and oxygen atoms in total. The summed E-state index contributed by atoms with van der Waals surface area (Å²) in [6.07, 6.45) is 4.06. The summed E-state index contributed by atoms with van der Waals surface area (Å²) in [5.41, 5.74) is 1.95. The van der Waals surface area contributed by atoms with Gasteiger partial charge in [-0.25, -0.2) is 9.97 Å². The predicted octanol–water partition coefficient (Wildman–Crippen LogP) is 2.30. The van der Waals surface area contributed by atoms with Crippen LogP contribution in [0.3, 0.4) is 0 Å². The fourth-order valence-corrected chi connectivity index (χ4v) is 1.84. The van der Waals surface area contributed by atoms with Crippen LogP contribution < -0.4 is 10.1 Å². The van der Waals surface area contributed by atoms with Crippen molar-refractivity contribution in [2.45, 2.75) is 32.9 Å². The van der Waals surface area contributed by atoms with Crippen molar-refractivity contribution >= 4 is 0 Å². The van der Waals surface area contributed by atoms with Crippen molar-refractivity contribution in [2.75, 3.05) is 6.61 Å². The summed E-state index contributed by atoms with van der Waals surface area (Å²) in [7, 11) is 0. The van der Waals surface area contributed by atoms with Crippen molar-refractivity contribution in [3.05, 3.63) is 47.8 Å². The van der Waals surface area contributed by atoms with Crippen molar-refractivity contribution in [2.24, 2.45) is 0 Å². The minimum Gasteiger partial charge on any atom is -0.424 e. The first-order valence-electron chi connectivity index (χ1n) is 7.10. The van der Waals surface area contributed by atoms with Gasteiger partial charge in [-0.1, -0.05) is 32.0 Å². The Kier molecular flexibility index (Phi) is 5.66. The van der Waals surface area contributed by atoms with Crippen molar-refractivity contribution in [1.29, 1.82) is 0 Å². The lowest BCUT2D eigenvalue weighted by atomic mass is 10.1. The molecule has 0 fully saturated rings. The van der Waals surface area contributed by atoms with Crippen LogP contribution in [-0.2, 0) is 13.0 Å². The number of para-hydroxylation sites is 1. The van der Waals surface area contributed by atoms with Gasteiger partial charge >= 0.3 is 6.01 Å². The van der Waals surface area contributed by atoms with Crippen LogP contribution in [-0.4, -0.2) is 27.7 Å². The third kappa shape index (κ3) is 4.81. The zero-order valence-electron chi connectivity index (χ0n) is 12.4. The Bertz CT molecular complexity index is 556. The van der Waals surface area contributed by atoms with E-state index in [0.29, 0.717) is 24.2 Å². The van der Waals surface area contributed by atoms with Crippen LogP contribution in [0.25, 0.3) is 0 Å². The van der Waals surface area contributed by atoms with Crippen LogP contribution in [0.15, 0.2) is 36.7 Å². The number of benzene rings is 1. The molecule has 5 heteroatoms. The molecule has 0 radical (unpaired) electrons. The van der Waals surface area contributed by atoms with Gasteiger partial charge < -0.3 is 15.2 Å². The van der Waals surface area contributed by atoms with E-state index in [9.17, 15) is 0 Å². The molecule has 0 saturated carbocycles. The van der Waals surface area contributed by atoms with E-state index in [0.717, 1.165) is 17.7 Å². The highest BCUT2D eigenvalue weighted by atomic mass is 16.5. The molecular formula is C16H21N3O2. The number of aliphatic hydroxyl groups is 1. The predicted molar refractivity (Wildman–Crippen MR) is 81.3 cm³/mol. The van der Waals surface area contributed by atoms with Crippen LogP contribution in [0, 0.1) is 0 Å². The Morgan fingerprint density at radius 2 is 1.90 bits per heavy atom. The average Bonchev–Trinajstić information content (AvgIpc) is 2.49. The first kappa shape index (κ1) is 15.4. The lowest BCUT2D eigenvalue weighted by Gasteiger charge is -2.10. The number of ether oxygens (including phenoxy) is 1. The summed E-state index contributed by atoms with van der Waals surface area (Å²) in [4.78, 5) is 8.43. The minimum atomic E-state index is 0.0844. The molecular weight excluding hydrogens is 266 g/mol. The highest BCUT2D eigenvalue weighted by Gasteiger charge is 2.06. The third-order valence-corrected chi connectivity index (χ3v) is 2.95. The average molecular weight is 287 g/mol. The normalized spacial score (nSPS) is 10.9. The van der Waals surface area contributed by atoms with E-state index in [4.69, 9.17) is 9.84 Å². The molecule has 0 aliphatic heterocycles. The smallest absolute Gasteiger partial charge is 0.321 e. The van der Waals surface area contributed by atoms with Gasteiger partial charge in [0.2, 0.25) is 0 Å². The molecule has 2 rings (SSSR count). The van der Waals surface area contributed by atoms with Gasteiger partial charge in [0.05, 0.1) is 0 Å². The highest BCUT2D eigenvalue weighted by molar-refractivity contribution is 5.35. The lowest BCUT2D eigenvalue weighted by Crippen LogP contribution is -2.21. The fourth-order valence-electron chi connectivity index (χ4n) is 1.84. The molecule has 1 heterocycles. The molecule has 112 valence electrons. The molecule has 0 unspecified atom stereocenters. The van der Waals surface area contributed by atoms with E-state index in [1.54, 1.807) is 12.4 Å². The molecule has 2 aromatic rings. The van der Waals surface area contributed by atoms with E-state index in [1.165, 1.54) is 0 Å². The number of aromatic nitrogens is 2. The molecule has 1 aromatic carbocycles. The fraction of sp³-hybridized carbons (Fsp3) is 0.375. The van der Waals surface area contributed by atoms with Gasteiger partial charge in [-0.2, -0.15) is 0 Å². The molecule has 0 bridgehead atoms. The maximum Gasteiger partial charge on any atom is 0.321 e. The number of aliphatic hydroxyl groups excluding tert-OH is 1. The summed E-state index contributed by atoms with van der Waals surface area (Å²) in [5, 5.41) is 12.4. The lowest BCUT2D eigenvalue weighted by molar-refractivity contribution is 0.297. The van der Waals surface area contributed by atoms with E-state index < -0.39 is 0 Å². The molecule has 1 aromatic heterocycles. The van der Waals surface area contributed by atoms with Crippen LogP contribution in [0.2, 0.25) is 0 Å². The zero-order valence-corrected chi connectivity index (χ0v) is 12.4. The van der Waals surface area contributed by atoms with E-state index >= 15 is 0 Å². The SMILES string of the molecule is CC(C)NCc1cnc(Oc2ccccc2CCO)nc1. The van der Waals surface area contributed by atoms with Gasteiger partial charge in [-0.05, 0) is 18.1 Å².